The van der Waals surface area contributed by atoms with Crippen molar-refractivity contribution in [3.8, 4) is 0 Å². The highest BCUT2D eigenvalue weighted by molar-refractivity contribution is 9.10. The van der Waals surface area contributed by atoms with Crippen LogP contribution in [0.1, 0.15) is 21.5 Å². The third kappa shape index (κ3) is 5.81. The van der Waals surface area contributed by atoms with Gasteiger partial charge in [0.1, 0.15) is 6.54 Å². The first kappa shape index (κ1) is 26.5. The highest BCUT2D eigenvalue weighted by Gasteiger charge is 2.36. The Labute approximate surface area is 236 Å². The van der Waals surface area contributed by atoms with E-state index in [4.69, 9.17) is 4.74 Å². The number of para-hydroxylation sites is 1. The maximum Gasteiger partial charge on any atom is 0.337 e. The number of carbonyl (C=O) groups is 4. The van der Waals surface area contributed by atoms with Gasteiger partial charge in [0.25, 0.3) is 11.1 Å². The van der Waals surface area contributed by atoms with Gasteiger partial charge in [-0.25, -0.2) is 4.79 Å². The Bertz CT molecular complexity index is 1640. The molecule has 1 aromatic heterocycles. The van der Waals surface area contributed by atoms with Crippen molar-refractivity contribution in [2.24, 2.45) is 0 Å². The number of amides is 3. The van der Waals surface area contributed by atoms with Gasteiger partial charge in [0.05, 0.1) is 17.6 Å². The first-order chi connectivity index (χ1) is 18.8. The fraction of sp³-hybridized carbons (Fsp3) is 0.103. The average molecular weight is 604 g/mol. The Morgan fingerprint density at radius 1 is 1.03 bits per heavy atom. The third-order valence-corrected chi connectivity index (χ3v) is 7.55. The van der Waals surface area contributed by atoms with Gasteiger partial charge < -0.3 is 14.6 Å². The molecule has 0 aliphatic carbocycles. The summed E-state index contributed by atoms with van der Waals surface area (Å²) < 4.78 is 7.72. The van der Waals surface area contributed by atoms with Crippen LogP contribution in [-0.2, 0) is 20.9 Å². The molecule has 1 aliphatic heterocycles. The van der Waals surface area contributed by atoms with Crippen LogP contribution in [0, 0.1) is 0 Å². The summed E-state index contributed by atoms with van der Waals surface area (Å²) in [4.78, 5) is 51.4. The predicted molar refractivity (Wildman–Crippen MR) is 154 cm³/mol. The summed E-state index contributed by atoms with van der Waals surface area (Å²) >= 11 is 4.15. The molecule has 3 aromatic carbocycles. The Morgan fingerprint density at radius 2 is 1.79 bits per heavy atom. The molecule has 3 amide bonds. The lowest BCUT2D eigenvalue weighted by Gasteiger charge is -2.12. The zero-order valence-electron chi connectivity index (χ0n) is 20.7. The monoisotopic (exact) mass is 603 g/mol. The minimum atomic E-state index is -0.515. The largest absolute Gasteiger partial charge is 0.465 e. The van der Waals surface area contributed by atoms with Crippen LogP contribution in [0.2, 0.25) is 0 Å². The Hall–Kier alpha value is -4.15. The molecule has 0 bridgehead atoms. The standard InChI is InChI=1S/C29H22BrN3O5S/c1-38-28(36)19-6-4-5-18(13-19)15-32-16-20(23-7-2-3-8-24(23)32)14-25-27(35)33(29(37)39-25)17-26(34)31-22-11-9-21(30)10-12-22/h2-14,16H,15,17H2,1H3,(H,31,34)/b25-14-. The highest BCUT2D eigenvalue weighted by Crippen LogP contribution is 2.34. The van der Waals surface area contributed by atoms with E-state index in [2.05, 4.69) is 21.2 Å². The van der Waals surface area contributed by atoms with Gasteiger partial charge in [-0.05, 0) is 65.9 Å². The molecule has 1 N–H and O–H groups in total. The number of ether oxygens (including phenoxy) is 1. The lowest BCUT2D eigenvalue weighted by molar-refractivity contribution is -0.127. The summed E-state index contributed by atoms with van der Waals surface area (Å²) in [5.41, 5.74) is 3.63. The molecule has 1 fully saturated rings. The van der Waals surface area contributed by atoms with Crippen molar-refractivity contribution < 1.29 is 23.9 Å². The number of nitrogens with one attached hydrogen (secondary N) is 1. The highest BCUT2D eigenvalue weighted by atomic mass is 79.9. The molecule has 0 radical (unpaired) electrons. The second-order valence-electron chi connectivity index (χ2n) is 8.74. The minimum Gasteiger partial charge on any atom is -0.465 e. The number of esters is 1. The van der Waals surface area contributed by atoms with E-state index in [9.17, 15) is 19.2 Å². The van der Waals surface area contributed by atoms with Crippen LogP contribution in [0.4, 0.5) is 10.5 Å². The molecule has 4 aromatic rings. The smallest absolute Gasteiger partial charge is 0.337 e. The van der Waals surface area contributed by atoms with E-state index < -0.39 is 23.0 Å². The zero-order chi connectivity index (χ0) is 27.5. The summed E-state index contributed by atoms with van der Waals surface area (Å²) in [6.07, 6.45) is 3.59. The molecule has 5 rings (SSSR count). The van der Waals surface area contributed by atoms with Crippen molar-refractivity contribution in [3.05, 3.63) is 105 Å². The number of hydrogen-bond acceptors (Lipinski definition) is 6. The number of methoxy groups -OCH3 is 1. The van der Waals surface area contributed by atoms with Crippen LogP contribution >= 0.6 is 27.7 Å². The summed E-state index contributed by atoms with van der Waals surface area (Å²) in [5.74, 6) is -1.39. The molecular formula is C29H22BrN3O5S. The fourth-order valence-electron chi connectivity index (χ4n) is 4.29. The number of rotatable bonds is 7. The number of aromatic nitrogens is 1. The number of benzene rings is 3. The van der Waals surface area contributed by atoms with Crippen LogP contribution in [0.3, 0.4) is 0 Å². The van der Waals surface area contributed by atoms with Gasteiger partial charge in [0.2, 0.25) is 5.91 Å². The molecule has 39 heavy (non-hydrogen) atoms. The van der Waals surface area contributed by atoms with E-state index in [1.165, 1.54) is 7.11 Å². The van der Waals surface area contributed by atoms with Crippen molar-refractivity contribution in [3.63, 3.8) is 0 Å². The number of carbonyl (C=O) groups excluding carboxylic acids is 4. The van der Waals surface area contributed by atoms with Crippen LogP contribution < -0.4 is 5.32 Å². The molecule has 2 heterocycles. The van der Waals surface area contributed by atoms with E-state index in [1.807, 2.05) is 41.1 Å². The molecule has 0 spiro atoms. The SMILES string of the molecule is COC(=O)c1cccc(Cn2cc(/C=C3\SC(=O)N(CC(=O)Nc4ccc(Br)cc4)C3=O)c3ccccc32)c1. The van der Waals surface area contributed by atoms with Crippen LogP contribution in [0.15, 0.2) is 88.4 Å². The van der Waals surface area contributed by atoms with Gasteiger partial charge >= 0.3 is 5.97 Å². The molecule has 0 saturated carbocycles. The molecule has 8 nitrogen and oxygen atoms in total. The van der Waals surface area contributed by atoms with Crippen molar-refractivity contribution in [1.82, 2.24) is 9.47 Å². The minimum absolute atomic E-state index is 0.243. The Kier molecular flexibility index (Phi) is 7.67. The summed E-state index contributed by atoms with van der Waals surface area (Å²) in [6.45, 7) is 0.104. The summed E-state index contributed by atoms with van der Waals surface area (Å²) in [5, 5.41) is 3.10. The van der Waals surface area contributed by atoms with E-state index in [-0.39, 0.29) is 11.4 Å². The lowest BCUT2D eigenvalue weighted by atomic mass is 10.1. The summed E-state index contributed by atoms with van der Waals surface area (Å²) in [7, 11) is 1.34. The van der Waals surface area contributed by atoms with Gasteiger partial charge in [-0.2, -0.15) is 0 Å². The Balaban J connectivity index is 1.37. The predicted octanol–water partition coefficient (Wildman–Crippen LogP) is 5.91. The third-order valence-electron chi connectivity index (χ3n) is 6.11. The number of halogens is 1. The van der Waals surface area contributed by atoms with E-state index in [0.29, 0.717) is 17.8 Å². The van der Waals surface area contributed by atoms with Crippen molar-refractivity contribution in [1.29, 1.82) is 0 Å². The molecule has 196 valence electrons. The first-order valence-corrected chi connectivity index (χ1v) is 13.5. The normalized spacial score (nSPS) is 14.3. The van der Waals surface area contributed by atoms with Crippen molar-refractivity contribution in [2.45, 2.75) is 6.54 Å². The second kappa shape index (κ2) is 11.3. The van der Waals surface area contributed by atoms with Crippen LogP contribution in [-0.4, -0.2) is 46.1 Å². The number of nitrogens with zero attached hydrogens (tertiary/aromatic N) is 2. The topological polar surface area (TPSA) is 97.7 Å². The number of anilines is 1. The molecule has 10 heteroatoms. The van der Waals surface area contributed by atoms with Gasteiger partial charge in [0, 0.05) is 39.4 Å². The molecule has 1 saturated heterocycles. The summed E-state index contributed by atoms with van der Waals surface area (Å²) in [6, 6.07) is 21.9. The molecule has 0 atom stereocenters. The van der Waals surface area contributed by atoms with Gasteiger partial charge in [0.15, 0.2) is 0 Å². The molecule has 0 unspecified atom stereocenters. The quantitative estimate of drug-likeness (QED) is 0.208. The van der Waals surface area contributed by atoms with Crippen LogP contribution in [0.5, 0.6) is 0 Å². The molecule has 1 aliphatic rings. The average Bonchev–Trinajstić information content (AvgIpc) is 3.41. The second-order valence-corrected chi connectivity index (χ2v) is 10.7. The van der Waals surface area contributed by atoms with Crippen molar-refractivity contribution in [2.75, 3.05) is 19.0 Å². The Morgan fingerprint density at radius 3 is 2.56 bits per heavy atom. The zero-order valence-corrected chi connectivity index (χ0v) is 23.1. The maximum atomic E-state index is 13.1. The number of fused-ring (bicyclic) bond motifs is 1. The number of thioether (sulfide) groups is 1. The van der Waals surface area contributed by atoms with E-state index in [1.54, 1.807) is 48.5 Å². The fourth-order valence-corrected chi connectivity index (χ4v) is 5.38. The number of imide groups is 1. The lowest BCUT2D eigenvalue weighted by Crippen LogP contribution is -2.36. The van der Waals surface area contributed by atoms with E-state index in [0.717, 1.165) is 43.2 Å². The van der Waals surface area contributed by atoms with Crippen LogP contribution in [0.25, 0.3) is 17.0 Å². The van der Waals surface area contributed by atoms with Crippen molar-refractivity contribution >= 4 is 73.4 Å². The van der Waals surface area contributed by atoms with Gasteiger partial charge in [-0.1, -0.05) is 46.3 Å². The molecular weight excluding hydrogens is 582 g/mol. The van der Waals surface area contributed by atoms with E-state index >= 15 is 0 Å². The first-order valence-electron chi connectivity index (χ1n) is 11.9. The maximum absolute atomic E-state index is 13.1. The van der Waals surface area contributed by atoms with Gasteiger partial charge in [-0.3, -0.25) is 19.3 Å². The van der Waals surface area contributed by atoms with Gasteiger partial charge in [-0.15, -0.1) is 0 Å². The number of hydrogen-bond donors (Lipinski definition) is 1.